The van der Waals surface area contributed by atoms with Crippen molar-refractivity contribution >= 4 is 39.4 Å². The molecule has 0 saturated heterocycles. The summed E-state index contributed by atoms with van der Waals surface area (Å²) >= 11 is 1.13. The molecule has 1 aromatic carbocycles. The van der Waals surface area contributed by atoms with Gasteiger partial charge in [-0.05, 0) is 31.5 Å². The van der Waals surface area contributed by atoms with Crippen LogP contribution in [0.25, 0.3) is 10.1 Å². The lowest BCUT2D eigenvalue weighted by atomic mass is 10.1. The average molecular weight is 392 g/mol. The van der Waals surface area contributed by atoms with Crippen LogP contribution in [-0.2, 0) is 14.3 Å². The van der Waals surface area contributed by atoms with Crippen LogP contribution in [0.1, 0.15) is 22.2 Å². The average Bonchev–Trinajstić information content (AvgIpc) is 2.98. The second kappa shape index (κ2) is 7.75. The minimum atomic E-state index is -0.656. The SMILES string of the molecule is CCOC(=O)C1=C(COC(=O)c2sc3cccc(F)c3c2C)NC(=O)NC1. The van der Waals surface area contributed by atoms with Gasteiger partial charge in [0, 0.05) is 10.1 Å². The second-order valence-electron chi connectivity index (χ2n) is 5.73. The van der Waals surface area contributed by atoms with E-state index in [4.69, 9.17) is 9.47 Å². The Morgan fingerprint density at radius 2 is 2.04 bits per heavy atom. The van der Waals surface area contributed by atoms with Crippen molar-refractivity contribution in [1.29, 1.82) is 0 Å². The van der Waals surface area contributed by atoms with Gasteiger partial charge in [-0.2, -0.15) is 0 Å². The number of benzene rings is 1. The van der Waals surface area contributed by atoms with Crippen molar-refractivity contribution in [3.63, 3.8) is 0 Å². The predicted octanol–water partition coefficient (Wildman–Crippen LogP) is 2.64. The number of hydrogen-bond acceptors (Lipinski definition) is 6. The molecule has 0 saturated carbocycles. The van der Waals surface area contributed by atoms with Gasteiger partial charge in [0.25, 0.3) is 0 Å². The van der Waals surface area contributed by atoms with Crippen LogP contribution in [0.2, 0.25) is 0 Å². The highest BCUT2D eigenvalue weighted by Gasteiger charge is 2.25. The van der Waals surface area contributed by atoms with Gasteiger partial charge in [-0.1, -0.05) is 6.07 Å². The van der Waals surface area contributed by atoms with Crippen LogP contribution in [0.15, 0.2) is 29.5 Å². The molecule has 0 radical (unpaired) electrons. The maximum atomic E-state index is 14.0. The lowest BCUT2D eigenvalue weighted by Gasteiger charge is -2.21. The number of carbonyl (C=O) groups excluding carboxylic acids is 3. The fraction of sp³-hybridized carbons (Fsp3) is 0.278. The van der Waals surface area contributed by atoms with E-state index in [-0.39, 0.29) is 35.9 Å². The summed E-state index contributed by atoms with van der Waals surface area (Å²) in [5, 5.41) is 5.31. The Hall–Kier alpha value is -2.94. The molecule has 0 atom stereocenters. The van der Waals surface area contributed by atoms with Crippen LogP contribution in [0.3, 0.4) is 0 Å². The van der Waals surface area contributed by atoms with Crippen LogP contribution in [-0.4, -0.2) is 37.7 Å². The van der Waals surface area contributed by atoms with Crippen LogP contribution < -0.4 is 10.6 Å². The van der Waals surface area contributed by atoms with Crippen LogP contribution in [0.5, 0.6) is 0 Å². The van der Waals surface area contributed by atoms with E-state index in [0.717, 1.165) is 11.3 Å². The van der Waals surface area contributed by atoms with Gasteiger partial charge < -0.3 is 20.1 Å². The van der Waals surface area contributed by atoms with E-state index in [9.17, 15) is 18.8 Å². The van der Waals surface area contributed by atoms with Gasteiger partial charge in [0.1, 0.15) is 17.3 Å². The van der Waals surface area contributed by atoms with Gasteiger partial charge >= 0.3 is 18.0 Å². The Balaban J connectivity index is 1.81. The Kier molecular flexibility index (Phi) is 5.41. The lowest BCUT2D eigenvalue weighted by molar-refractivity contribution is -0.138. The number of esters is 2. The number of carbonyl (C=O) groups is 3. The molecule has 0 fully saturated rings. The molecule has 2 aromatic rings. The fourth-order valence-corrected chi connectivity index (χ4v) is 3.84. The van der Waals surface area contributed by atoms with Crippen molar-refractivity contribution in [3.8, 4) is 0 Å². The summed E-state index contributed by atoms with van der Waals surface area (Å²) in [5.41, 5.74) is 0.839. The molecule has 0 aliphatic carbocycles. The van der Waals surface area contributed by atoms with E-state index >= 15 is 0 Å². The van der Waals surface area contributed by atoms with E-state index in [2.05, 4.69) is 10.6 Å². The Bertz CT molecular complexity index is 966. The highest BCUT2D eigenvalue weighted by atomic mass is 32.1. The maximum Gasteiger partial charge on any atom is 0.349 e. The van der Waals surface area contributed by atoms with Crippen molar-refractivity contribution in [1.82, 2.24) is 10.6 Å². The molecule has 2 amide bonds. The number of rotatable bonds is 5. The molecule has 1 aliphatic rings. The topological polar surface area (TPSA) is 93.7 Å². The molecule has 2 heterocycles. The highest BCUT2D eigenvalue weighted by Crippen LogP contribution is 2.33. The Morgan fingerprint density at radius 3 is 2.74 bits per heavy atom. The fourth-order valence-electron chi connectivity index (χ4n) is 2.72. The molecule has 27 heavy (non-hydrogen) atoms. The zero-order valence-corrected chi connectivity index (χ0v) is 15.5. The van der Waals surface area contributed by atoms with Gasteiger partial charge in [0.05, 0.1) is 24.4 Å². The molecular weight excluding hydrogens is 375 g/mol. The highest BCUT2D eigenvalue weighted by molar-refractivity contribution is 7.21. The third-order valence-corrected chi connectivity index (χ3v) is 5.25. The number of aryl methyl sites for hydroxylation is 1. The first kappa shape index (κ1) is 18.8. The second-order valence-corrected chi connectivity index (χ2v) is 6.78. The zero-order valence-electron chi connectivity index (χ0n) is 14.7. The number of ether oxygens (including phenoxy) is 2. The van der Waals surface area contributed by atoms with Crippen molar-refractivity contribution in [2.45, 2.75) is 13.8 Å². The van der Waals surface area contributed by atoms with Crippen LogP contribution >= 0.6 is 11.3 Å². The Labute approximate surface area is 158 Å². The number of urea groups is 1. The summed E-state index contributed by atoms with van der Waals surface area (Å²) in [7, 11) is 0. The molecule has 2 N–H and O–H groups in total. The minimum Gasteiger partial charge on any atom is -0.463 e. The van der Waals surface area contributed by atoms with Crippen molar-refractivity contribution < 1.29 is 28.2 Å². The number of thiophene rings is 1. The summed E-state index contributed by atoms with van der Waals surface area (Å²) in [4.78, 5) is 36.3. The summed E-state index contributed by atoms with van der Waals surface area (Å²) in [6.45, 7) is 3.15. The first-order valence-electron chi connectivity index (χ1n) is 8.21. The summed E-state index contributed by atoms with van der Waals surface area (Å²) in [6.07, 6.45) is 0. The molecular formula is C18H17FN2O5S. The number of fused-ring (bicyclic) bond motifs is 1. The van der Waals surface area contributed by atoms with Gasteiger partial charge in [-0.25, -0.2) is 18.8 Å². The molecule has 0 bridgehead atoms. The summed E-state index contributed by atoms with van der Waals surface area (Å²) in [6, 6.07) is 4.12. The third kappa shape index (κ3) is 3.77. The normalized spacial score (nSPS) is 14.0. The molecule has 0 unspecified atom stereocenters. The smallest absolute Gasteiger partial charge is 0.349 e. The first-order valence-corrected chi connectivity index (χ1v) is 9.02. The monoisotopic (exact) mass is 392 g/mol. The van der Waals surface area contributed by atoms with Gasteiger partial charge in [-0.3, -0.25) is 0 Å². The lowest BCUT2D eigenvalue weighted by Crippen LogP contribution is -2.45. The number of amides is 2. The standard InChI is InChI=1S/C18H17FN2O5S/c1-3-25-16(22)10-7-20-18(24)21-12(10)8-26-17(23)15-9(2)14-11(19)5-4-6-13(14)27-15/h4-6H,3,7-8H2,1-2H3,(H2,20,21,24). The van der Waals surface area contributed by atoms with Crippen molar-refractivity contribution in [2.24, 2.45) is 0 Å². The van der Waals surface area contributed by atoms with Gasteiger partial charge in [0.15, 0.2) is 0 Å². The summed E-state index contributed by atoms with van der Waals surface area (Å²) in [5.74, 6) is -1.66. The Morgan fingerprint density at radius 1 is 1.26 bits per heavy atom. The van der Waals surface area contributed by atoms with E-state index < -0.39 is 23.8 Å². The molecule has 9 heteroatoms. The number of hydrogen-bond donors (Lipinski definition) is 2. The maximum absolute atomic E-state index is 14.0. The first-order chi connectivity index (χ1) is 12.9. The largest absolute Gasteiger partial charge is 0.463 e. The zero-order chi connectivity index (χ0) is 19.6. The third-order valence-electron chi connectivity index (χ3n) is 4.01. The molecule has 3 rings (SSSR count). The van der Waals surface area contributed by atoms with E-state index in [1.54, 1.807) is 26.0 Å². The van der Waals surface area contributed by atoms with E-state index in [0.29, 0.717) is 15.6 Å². The quantitative estimate of drug-likeness (QED) is 0.763. The molecule has 0 spiro atoms. The van der Waals surface area contributed by atoms with Crippen LogP contribution in [0, 0.1) is 12.7 Å². The predicted molar refractivity (Wildman–Crippen MR) is 97.0 cm³/mol. The van der Waals surface area contributed by atoms with Crippen molar-refractivity contribution in [2.75, 3.05) is 19.8 Å². The van der Waals surface area contributed by atoms with E-state index in [1.807, 2.05) is 0 Å². The van der Waals surface area contributed by atoms with E-state index in [1.165, 1.54) is 6.07 Å². The minimum absolute atomic E-state index is 0.0231. The van der Waals surface area contributed by atoms with Crippen LogP contribution in [0.4, 0.5) is 9.18 Å². The number of nitrogens with one attached hydrogen (secondary N) is 2. The molecule has 142 valence electrons. The van der Waals surface area contributed by atoms with Gasteiger partial charge in [-0.15, -0.1) is 11.3 Å². The van der Waals surface area contributed by atoms with Crippen molar-refractivity contribution in [3.05, 3.63) is 45.7 Å². The number of halogens is 1. The molecule has 1 aliphatic heterocycles. The molecule has 1 aromatic heterocycles. The summed E-state index contributed by atoms with van der Waals surface area (Å²) < 4.78 is 24.8. The van der Waals surface area contributed by atoms with Gasteiger partial charge in [0.2, 0.25) is 0 Å². The molecule has 7 nitrogen and oxygen atoms in total.